The Balaban J connectivity index is 1.17. The van der Waals surface area contributed by atoms with Crippen molar-refractivity contribution in [3.8, 4) is 0 Å². The van der Waals surface area contributed by atoms with E-state index in [1.54, 1.807) is 18.2 Å². The number of carbonyl (C=O) groups excluding carboxylic acids is 1. The van der Waals surface area contributed by atoms with Crippen LogP contribution in [0.15, 0.2) is 72.8 Å². The molecule has 1 amide bonds. The van der Waals surface area contributed by atoms with Crippen molar-refractivity contribution in [3.05, 3.63) is 95.1 Å². The van der Waals surface area contributed by atoms with Gasteiger partial charge in [-0.2, -0.15) is 0 Å². The van der Waals surface area contributed by atoms with Crippen LogP contribution < -0.4 is 16.0 Å². The molecule has 6 rings (SSSR count). The molecule has 3 fully saturated rings. The largest absolute Gasteiger partial charge is 0.398 e. The van der Waals surface area contributed by atoms with E-state index in [2.05, 4.69) is 34.5 Å². The van der Waals surface area contributed by atoms with Gasteiger partial charge < -0.3 is 25.4 Å². The molecule has 39 heavy (non-hydrogen) atoms. The van der Waals surface area contributed by atoms with Crippen LogP contribution in [-0.2, 0) is 14.9 Å². The molecule has 2 bridgehead atoms. The van der Waals surface area contributed by atoms with Crippen LogP contribution in [0.3, 0.4) is 0 Å². The Morgan fingerprint density at radius 2 is 1.59 bits per heavy atom. The second kappa shape index (κ2) is 10.8. The number of rotatable bonds is 7. The first-order valence-corrected chi connectivity index (χ1v) is 13.9. The summed E-state index contributed by atoms with van der Waals surface area (Å²) in [6.07, 6.45) is 4.04. The summed E-state index contributed by atoms with van der Waals surface area (Å²) in [6, 6.07) is 24.6. The summed E-state index contributed by atoms with van der Waals surface area (Å²) in [6.45, 7) is 3.44. The summed E-state index contributed by atoms with van der Waals surface area (Å²) in [5.41, 5.74) is 11.2. The first-order chi connectivity index (χ1) is 19.0. The van der Waals surface area contributed by atoms with Gasteiger partial charge in [-0.05, 0) is 61.6 Å². The van der Waals surface area contributed by atoms with Crippen molar-refractivity contribution in [1.82, 2.24) is 5.32 Å². The SMILES string of the molecule is N=C(c1ccc(N2C3CCC2COC3)cc1)c1cc(C(=O)NCC2(c3ccccc3)CCOCC2)ccc1N. The van der Waals surface area contributed by atoms with Crippen LogP contribution in [0.2, 0.25) is 0 Å². The average Bonchev–Trinajstić information content (AvgIpc) is 3.24. The first-order valence-electron chi connectivity index (χ1n) is 13.9. The highest BCUT2D eigenvalue weighted by molar-refractivity contribution is 6.15. The molecule has 2 atom stereocenters. The third-order valence-electron chi connectivity index (χ3n) is 8.70. The highest BCUT2D eigenvalue weighted by Crippen LogP contribution is 2.35. The van der Waals surface area contributed by atoms with E-state index in [0.29, 0.717) is 54.4 Å². The molecule has 3 aliphatic heterocycles. The second-order valence-electron chi connectivity index (χ2n) is 11.0. The lowest BCUT2D eigenvalue weighted by Gasteiger charge is -2.38. The fourth-order valence-electron chi connectivity index (χ4n) is 6.39. The van der Waals surface area contributed by atoms with Gasteiger partial charge in [-0.25, -0.2) is 0 Å². The maximum atomic E-state index is 13.3. The van der Waals surface area contributed by atoms with Gasteiger partial charge in [-0.15, -0.1) is 0 Å². The summed E-state index contributed by atoms with van der Waals surface area (Å²) < 4.78 is 11.4. The van der Waals surface area contributed by atoms with Crippen LogP contribution in [0.1, 0.15) is 52.7 Å². The lowest BCUT2D eigenvalue weighted by molar-refractivity contribution is 0.0487. The van der Waals surface area contributed by atoms with Gasteiger partial charge in [0.25, 0.3) is 5.91 Å². The van der Waals surface area contributed by atoms with Gasteiger partial charge in [0.1, 0.15) is 0 Å². The molecule has 0 radical (unpaired) electrons. The van der Waals surface area contributed by atoms with E-state index in [4.69, 9.17) is 20.6 Å². The van der Waals surface area contributed by atoms with Crippen LogP contribution in [0.5, 0.6) is 0 Å². The van der Waals surface area contributed by atoms with Gasteiger partial charge in [-0.3, -0.25) is 10.2 Å². The van der Waals surface area contributed by atoms with Gasteiger partial charge in [0.05, 0.1) is 31.0 Å². The zero-order chi connectivity index (χ0) is 26.8. The highest BCUT2D eigenvalue weighted by atomic mass is 16.5. The molecule has 4 N–H and O–H groups in total. The summed E-state index contributed by atoms with van der Waals surface area (Å²) >= 11 is 0. The standard InChI is InChI=1S/C32H36N4O3/c33-29-13-8-23(31(37)35-21-32(14-16-38-17-15-32)24-4-2-1-3-5-24)18-28(29)30(34)22-6-9-25(10-7-22)36-26-11-12-27(36)20-39-19-26/h1-10,13,18,26-27,34H,11-12,14-17,19-21,33H2,(H,35,37). The van der Waals surface area contributed by atoms with Crippen molar-refractivity contribution in [2.24, 2.45) is 0 Å². The van der Waals surface area contributed by atoms with Crippen LogP contribution in [0, 0.1) is 5.41 Å². The summed E-state index contributed by atoms with van der Waals surface area (Å²) in [5.74, 6) is -0.163. The van der Waals surface area contributed by atoms with Crippen molar-refractivity contribution in [1.29, 1.82) is 5.41 Å². The number of morpholine rings is 1. The van der Waals surface area contributed by atoms with E-state index in [9.17, 15) is 4.79 Å². The number of amides is 1. The van der Waals surface area contributed by atoms with E-state index in [1.165, 1.54) is 11.3 Å². The van der Waals surface area contributed by atoms with Gasteiger partial charge in [0.2, 0.25) is 0 Å². The third-order valence-corrected chi connectivity index (χ3v) is 8.70. The molecule has 3 saturated heterocycles. The Hall–Kier alpha value is -3.68. The quantitative estimate of drug-likeness (QED) is 0.311. The molecular formula is C32H36N4O3. The summed E-state index contributed by atoms with van der Waals surface area (Å²) in [7, 11) is 0. The molecule has 3 aliphatic rings. The molecule has 7 nitrogen and oxygen atoms in total. The number of anilines is 2. The van der Waals surface area contributed by atoms with Gasteiger partial charge in [-0.1, -0.05) is 42.5 Å². The minimum Gasteiger partial charge on any atom is -0.398 e. The molecule has 2 unspecified atom stereocenters. The number of hydrogen-bond acceptors (Lipinski definition) is 6. The Kier molecular flexibility index (Phi) is 7.11. The zero-order valence-corrected chi connectivity index (χ0v) is 22.2. The Bertz CT molecular complexity index is 1320. The number of nitrogens with one attached hydrogen (secondary N) is 2. The number of ether oxygens (including phenoxy) is 2. The zero-order valence-electron chi connectivity index (χ0n) is 22.2. The maximum Gasteiger partial charge on any atom is 0.251 e. The molecule has 3 aromatic carbocycles. The molecule has 0 aromatic heterocycles. The fraction of sp³-hybridized carbons (Fsp3) is 0.375. The molecule has 3 heterocycles. The molecule has 0 aliphatic carbocycles. The minimum absolute atomic E-state index is 0.153. The third kappa shape index (κ3) is 5.04. The normalized spacial score (nSPS) is 21.9. The number of carbonyl (C=O) groups is 1. The van der Waals surface area contributed by atoms with Crippen LogP contribution in [0.25, 0.3) is 0 Å². The van der Waals surface area contributed by atoms with Crippen LogP contribution >= 0.6 is 0 Å². The molecule has 0 saturated carbocycles. The number of hydrogen-bond donors (Lipinski definition) is 3. The Morgan fingerprint density at radius 1 is 0.923 bits per heavy atom. The van der Waals surface area contributed by atoms with Gasteiger partial charge in [0.15, 0.2) is 0 Å². The maximum absolute atomic E-state index is 13.3. The predicted octanol–water partition coefficient (Wildman–Crippen LogP) is 4.53. The van der Waals surface area contributed by atoms with Gasteiger partial charge in [0, 0.05) is 53.2 Å². The average molecular weight is 525 g/mol. The predicted molar refractivity (Wildman–Crippen MR) is 154 cm³/mol. The molecule has 7 heteroatoms. The van der Waals surface area contributed by atoms with E-state index in [0.717, 1.165) is 44.5 Å². The molecular weight excluding hydrogens is 488 g/mol. The first kappa shape index (κ1) is 25.6. The number of benzene rings is 3. The topological polar surface area (TPSA) is 101 Å². The molecule has 202 valence electrons. The molecule has 3 aromatic rings. The van der Waals surface area contributed by atoms with Crippen molar-refractivity contribution >= 4 is 23.0 Å². The summed E-state index contributed by atoms with van der Waals surface area (Å²) in [5, 5.41) is 12.1. The monoisotopic (exact) mass is 524 g/mol. The highest BCUT2D eigenvalue weighted by Gasteiger charge is 2.37. The van der Waals surface area contributed by atoms with Crippen molar-refractivity contribution in [2.45, 2.75) is 43.2 Å². The van der Waals surface area contributed by atoms with Crippen molar-refractivity contribution in [3.63, 3.8) is 0 Å². The summed E-state index contributed by atoms with van der Waals surface area (Å²) in [4.78, 5) is 15.8. The van der Waals surface area contributed by atoms with Gasteiger partial charge >= 0.3 is 0 Å². The van der Waals surface area contributed by atoms with E-state index < -0.39 is 0 Å². The van der Waals surface area contributed by atoms with E-state index in [-0.39, 0.29) is 11.3 Å². The smallest absolute Gasteiger partial charge is 0.251 e. The Morgan fingerprint density at radius 3 is 2.28 bits per heavy atom. The van der Waals surface area contributed by atoms with E-state index in [1.807, 2.05) is 30.3 Å². The second-order valence-corrected chi connectivity index (χ2v) is 11.0. The molecule has 0 spiro atoms. The minimum atomic E-state index is -0.163. The van der Waals surface area contributed by atoms with Crippen molar-refractivity contribution < 1.29 is 14.3 Å². The Labute approximate surface area is 229 Å². The number of fused-ring (bicyclic) bond motifs is 2. The van der Waals surface area contributed by atoms with E-state index >= 15 is 0 Å². The lowest BCUT2D eigenvalue weighted by atomic mass is 9.74. The van der Waals surface area contributed by atoms with Crippen LogP contribution in [-0.4, -0.2) is 56.7 Å². The van der Waals surface area contributed by atoms with Crippen LogP contribution in [0.4, 0.5) is 11.4 Å². The fourth-order valence-corrected chi connectivity index (χ4v) is 6.39. The number of nitrogens with zero attached hydrogens (tertiary/aromatic N) is 1. The van der Waals surface area contributed by atoms with Crippen molar-refractivity contribution in [2.75, 3.05) is 43.6 Å². The lowest BCUT2D eigenvalue weighted by Crippen LogP contribution is -2.45. The number of nitrogen functional groups attached to an aromatic ring is 1. The number of nitrogens with two attached hydrogens (primary N) is 1.